The van der Waals surface area contributed by atoms with Crippen LogP contribution in [0.2, 0.25) is 0 Å². The molecular weight excluding hydrogens is 609 g/mol. The zero-order valence-electron chi connectivity index (χ0n) is 27.5. The van der Waals surface area contributed by atoms with Crippen molar-refractivity contribution in [2.45, 2.75) is 13.0 Å². The van der Waals surface area contributed by atoms with Gasteiger partial charge in [0.2, 0.25) is 0 Å². The summed E-state index contributed by atoms with van der Waals surface area (Å²) in [6.45, 7) is 2.33. The molecule has 0 spiro atoms. The van der Waals surface area contributed by atoms with E-state index in [1.807, 2.05) is 0 Å². The Morgan fingerprint density at radius 2 is 1.16 bits per heavy atom. The van der Waals surface area contributed by atoms with Crippen LogP contribution in [0.1, 0.15) is 24.3 Å². The third kappa shape index (κ3) is 3.75. The van der Waals surface area contributed by atoms with Gasteiger partial charge in [-0.15, -0.1) is 0 Å². The van der Waals surface area contributed by atoms with Gasteiger partial charge in [-0.2, -0.15) is 0 Å². The molecule has 0 radical (unpaired) electrons. The molecule has 2 atom stereocenters. The second kappa shape index (κ2) is 10.3. The van der Waals surface area contributed by atoms with Crippen molar-refractivity contribution in [2.75, 3.05) is 0 Å². The smallest absolute Gasteiger partial charge is 0.135 e. The lowest BCUT2D eigenvalue weighted by Gasteiger charge is -2.28. The van der Waals surface area contributed by atoms with Crippen molar-refractivity contribution in [3.63, 3.8) is 0 Å². The minimum Gasteiger partial charge on any atom is -0.456 e. The number of hydrogen-bond donors (Lipinski definition) is 0. The van der Waals surface area contributed by atoms with Gasteiger partial charge in [0.25, 0.3) is 0 Å². The Morgan fingerprint density at radius 1 is 0.520 bits per heavy atom. The number of aromatic nitrogens is 2. The van der Waals surface area contributed by atoms with Crippen molar-refractivity contribution in [1.29, 1.82) is 0 Å². The van der Waals surface area contributed by atoms with E-state index in [2.05, 4.69) is 180 Å². The van der Waals surface area contributed by atoms with E-state index >= 15 is 0 Å². The minimum atomic E-state index is 0.0912. The summed E-state index contributed by atoms with van der Waals surface area (Å²) in [5, 5.41) is 8.86. The molecule has 236 valence electrons. The highest BCUT2D eigenvalue weighted by molar-refractivity contribution is 6.28. The van der Waals surface area contributed by atoms with Gasteiger partial charge in [-0.25, -0.2) is 0 Å². The highest BCUT2D eigenvalue weighted by Crippen LogP contribution is 2.48. The highest BCUT2D eigenvalue weighted by Gasteiger charge is 2.33. The van der Waals surface area contributed by atoms with E-state index in [4.69, 9.17) is 4.42 Å². The summed E-state index contributed by atoms with van der Waals surface area (Å²) in [5.74, 6) is 1.24. The molecule has 1 aliphatic carbocycles. The highest BCUT2D eigenvalue weighted by atomic mass is 16.3. The van der Waals surface area contributed by atoms with Crippen LogP contribution in [0.25, 0.3) is 88.2 Å². The molecule has 3 heterocycles. The monoisotopic (exact) mass is 640 g/mol. The van der Waals surface area contributed by atoms with Gasteiger partial charge < -0.3 is 13.6 Å². The Morgan fingerprint density at radius 3 is 2.00 bits per heavy atom. The Bertz CT molecular complexity index is 3000. The van der Waals surface area contributed by atoms with Gasteiger partial charge in [0.05, 0.1) is 22.6 Å². The molecule has 7 aromatic carbocycles. The van der Waals surface area contributed by atoms with Crippen molar-refractivity contribution in [1.82, 2.24) is 9.13 Å². The van der Waals surface area contributed by atoms with Gasteiger partial charge in [0, 0.05) is 43.7 Å². The van der Waals surface area contributed by atoms with E-state index in [-0.39, 0.29) is 12.0 Å². The lowest BCUT2D eigenvalue weighted by atomic mass is 9.87. The van der Waals surface area contributed by atoms with Gasteiger partial charge in [-0.05, 0) is 76.4 Å². The maximum atomic E-state index is 6.43. The summed E-state index contributed by atoms with van der Waals surface area (Å²) in [4.78, 5) is 0. The van der Waals surface area contributed by atoms with Crippen LogP contribution in [0.3, 0.4) is 0 Å². The minimum absolute atomic E-state index is 0.0912. The maximum absolute atomic E-state index is 6.43. The van der Waals surface area contributed by atoms with E-state index in [0.29, 0.717) is 0 Å². The standard InChI is InChI=1S/C47H32N2O/c1-29-21-28-43-46(37-16-6-9-20-42(37)50-43)47(29)49-39-19-8-5-15-36(39)45-41(49)27-26-40-44(45)35-14-4-7-18-38(35)48(40)32-24-22-31(23-25-32)34-17-10-12-30-11-2-3-13-33(30)34/h2-29,47H,1H3. The fraction of sp³-hybridized carbons (Fsp3) is 0.0638. The molecular formula is C47H32N2O. The van der Waals surface area contributed by atoms with E-state index in [9.17, 15) is 0 Å². The van der Waals surface area contributed by atoms with Crippen molar-refractivity contribution in [3.05, 3.63) is 169 Å². The Labute approximate surface area is 288 Å². The maximum Gasteiger partial charge on any atom is 0.135 e. The van der Waals surface area contributed by atoms with Gasteiger partial charge in [-0.1, -0.05) is 122 Å². The second-order valence-corrected chi connectivity index (χ2v) is 13.7. The molecule has 2 unspecified atom stereocenters. The molecule has 10 aromatic rings. The van der Waals surface area contributed by atoms with Crippen LogP contribution < -0.4 is 0 Å². The van der Waals surface area contributed by atoms with Crippen molar-refractivity contribution >= 4 is 71.4 Å². The number of rotatable bonds is 3. The summed E-state index contributed by atoms with van der Waals surface area (Å²) in [6.07, 6.45) is 4.48. The number of hydrogen-bond acceptors (Lipinski definition) is 1. The van der Waals surface area contributed by atoms with Crippen molar-refractivity contribution in [2.24, 2.45) is 5.92 Å². The van der Waals surface area contributed by atoms with E-state index in [1.165, 1.54) is 76.5 Å². The molecule has 0 amide bonds. The normalized spacial score (nSPS) is 16.0. The molecule has 1 aliphatic rings. The molecule has 3 nitrogen and oxygen atoms in total. The molecule has 0 aliphatic heterocycles. The molecule has 0 bridgehead atoms. The fourth-order valence-electron chi connectivity index (χ4n) is 8.88. The van der Waals surface area contributed by atoms with Crippen molar-refractivity contribution in [3.8, 4) is 16.8 Å². The van der Waals surface area contributed by atoms with Gasteiger partial charge >= 0.3 is 0 Å². The van der Waals surface area contributed by atoms with E-state index in [1.54, 1.807) is 0 Å². The van der Waals surface area contributed by atoms with E-state index in [0.717, 1.165) is 17.0 Å². The molecule has 0 saturated carbocycles. The summed E-state index contributed by atoms with van der Waals surface area (Å²) in [7, 11) is 0. The number of benzene rings is 7. The lowest BCUT2D eigenvalue weighted by Crippen LogP contribution is -2.20. The zero-order valence-corrected chi connectivity index (χ0v) is 27.5. The SMILES string of the molecule is CC1C=Cc2oc3ccccc3c2C1n1c2ccccc2c2c3c4ccccc4n(-c4ccc(-c5cccc6ccccc56)cc4)c3ccc21. The van der Waals surface area contributed by atoms with Crippen molar-refractivity contribution < 1.29 is 4.42 Å². The van der Waals surface area contributed by atoms with Crippen LogP contribution in [0.15, 0.2) is 162 Å². The molecule has 11 rings (SSSR count). The Hall–Kier alpha value is -6.32. The molecule has 0 fully saturated rings. The lowest BCUT2D eigenvalue weighted by molar-refractivity contribution is 0.480. The van der Waals surface area contributed by atoms with Crippen LogP contribution >= 0.6 is 0 Å². The molecule has 50 heavy (non-hydrogen) atoms. The fourth-order valence-corrected chi connectivity index (χ4v) is 8.88. The first-order valence-electron chi connectivity index (χ1n) is 17.5. The molecule has 0 saturated heterocycles. The number of para-hydroxylation sites is 3. The average Bonchev–Trinajstić information content (AvgIpc) is 3.83. The predicted octanol–water partition coefficient (Wildman–Crippen LogP) is 12.7. The first kappa shape index (κ1) is 27.6. The number of furan rings is 1. The second-order valence-electron chi connectivity index (χ2n) is 13.7. The third-order valence-corrected chi connectivity index (χ3v) is 11.0. The predicted molar refractivity (Wildman–Crippen MR) is 209 cm³/mol. The number of fused-ring (bicyclic) bond motifs is 11. The first-order chi connectivity index (χ1) is 24.7. The zero-order chi connectivity index (χ0) is 32.9. The molecule has 0 N–H and O–H groups in total. The van der Waals surface area contributed by atoms with Gasteiger partial charge in [0.1, 0.15) is 11.3 Å². The Kier molecular flexibility index (Phi) is 5.71. The van der Waals surface area contributed by atoms with Crippen LogP contribution in [0, 0.1) is 5.92 Å². The number of allylic oxidation sites excluding steroid dienone is 1. The summed E-state index contributed by atoms with van der Waals surface area (Å²) in [6, 6.07) is 55.4. The largest absolute Gasteiger partial charge is 0.456 e. The van der Waals surface area contributed by atoms with Crippen LogP contribution in [-0.4, -0.2) is 9.13 Å². The summed E-state index contributed by atoms with van der Waals surface area (Å²) in [5.41, 5.74) is 10.8. The van der Waals surface area contributed by atoms with Crippen LogP contribution in [0.4, 0.5) is 0 Å². The third-order valence-electron chi connectivity index (χ3n) is 11.0. The Balaban J connectivity index is 1.17. The van der Waals surface area contributed by atoms with Crippen LogP contribution in [0.5, 0.6) is 0 Å². The molecule has 3 heteroatoms. The summed E-state index contributed by atoms with van der Waals surface area (Å²) >= 11 is 0. The summed E-state index contributed by atoms with van der Waals surface area (Å²) < 4.78 is 11.5. The van der Waals surface area contributed by atoms with Gasteiger partial charge in [0.15, 0.2) is 0 Å². The topological polar surface area (TPSA) is 23.0 Å². The van der Waals surface area contributed by atoms with Crippen LogP contribution in [-0.2, 0) is 0 Å². The van der Waals surface area contributed by atoms with Gasteiger partial charge in [-0.3, -0.25) is 0 Å². The average molecular weight is 641 g/mol. The first-order valence-corrected chi connectivity index (χ1v) is 17.5. The number of nitrogens with zero attached hydrogens (tertiary/aromatic N) is 2. The quantitative estimate of drug-likeness (QED) is 0.188. The van der Waals surface area contributed by atoms with E-state index < -0.39 is 0 Å². The molecule has 3 aromatic heterocycles.